The molecule has 9 nitrogen and oxygen atoms in total. The lowest BCUT2D eigenvalue weighted by Crippen LogP contribution is -2.33. The Bertz CT molecular complexity index is 1440. The molecule has 3 aromatic rings. The second-order valence-electron chi connectivity index (χ2n) is 10.0. The standard InChI is InChI=1S/C31H40N6O3/c1-5-35(6-2)20-28(38)32-24-13-11-22(12-14-24)18-23-10-9-17-37-30(23)34-27-16-15-25(19-26(27)31(37)40)33-29(39)21-36(7-3)8-4/h11-16,18-19H,5-10,17,20-21H2,1-4H3,(H,32,38)(H,33,39)/b23-18+. The Morgan fingerprint density at radius 3 is 2.05 bits per heavy atom. The Balaban J connectivity index is 1.53. The molecule has 9 heteroatoms. The van der Waals surface area contributed by atoms with E-state index in [0.29, 0.717) is 42.0 Å². The van der Waals surface area contributed by atoms with Gasteiger partial charge in [0.2, 0.25) is 11.8 Å². The lowest BCUT2D eigenvalue weighted by Gasteiger charge is -2.21. The van der Waals surface area contributed by atoms with E-state index < -0.39 is 0 Å². The lowest BCUT2D eigenvalue weighted by atomic mass is 10.0. The maximum Gasteiger partial charge on any atom is 0.261 e. The second-order valence-corrected chi connectivity index (χ2v) is 10.0. The normalized spacial score (nSPS) is 14.1. The minimum atomic E-state index is -0.103. The van der Waals surface area contributed by atoms with Crippen LogP contribution in [0.25, 0.3) is 22.6 Å². The maximum absolute atomic E-state index is 13.5. The van der Waals surface area contributed by atoms with E-state index in [0.717, 1.165) is 55.8 Å². The molecule has 0 saturated carbocycles. The fourth-order valence-electron chi connectivity index (χ4n) is 4.99. The SMILES string of the molecule is CCN(CC)CC(=O)Nc1ccc(/C=C2\CCCn3c2nc2ccc(NC(=O)CN(CC)CC)cc2c3=O)cc1. The van der Waals surface area contributed by atoms with Gasteiger partial charge in [0.15, 0.2) is 0 Å². The van der Waals surface area contributed by atoms with Crippen LogP contribution in [-0.2, 0) is 16.1 Å². The number of rotatable bonds is 11. The van der Waals surface area contributed by atoms with Crippen LogP contribution in [-0.4, -0.2) is 70.4 Å². The smallest absolute Gasteiger partial charge is 0.261 e. The van der Waals surface area contributed by atoms with Gasteiger partial charge in [-0.3, -0.25) is 28.8 Å². The van der Waals surface area contributed by atoms with Crippen molar-refractivity contribution >= 4 is 45.7 Å². The number of nitrogens with zero attached hydrogens (tertiary/aromatic N) is 4. The van der Waals surface area contributed by atoms with E-state index in [1.807, 2.05) is 56.9 Å². The molecule has 2 aromatic carbocycles. The molecular formula is C31H40N6O3. The predicted octanol–water partition coefficient (Wildman–Crippen LogP) is 4.29. The van der Waals surface area contributed by atoms with E-state index in [2.05, 4.69) is 21.6 Å². The quantitative estimate of drug-likeness (QED) is 0.374. The second kappa shape index (κ2) is 13.5. The number of benzene rings is 2. The summed E-state index contributed by atoms with van der Waals surface area (Å²) in [6, 6.07) is 13.0. The molecule has 0 radical (unpaired) electrons. The number of nitrogens with one attached hydrogen (secondary N) is 2. The molecule has 1 aromatic heterocycles. The largest absolute Gasteiger partial charge is 0.325 e. The molecule has 0 unspecified atom stereocenters. The molecule has 2 heterocycles. The number of anilines is 2. The van der Waals surface area contributed by atoms with Gasteiger partial charge in [0, 0.05) is 17.9 Å². The monoisotopic (exact) mass is 544 g/mol. The zero-order chi connectivity index (χ0) is 28.6. The van der Waals surface area contributed by atoms with Gasteiger partial charge in [0.05, 0.1) is 24.0 Å². The number of carbonyl (C=O) groups excluding carboxylic acids is 2. The van der Waals surface area contributed by atoms with E-state index in [9.17, 15) is 14.4 Å². The molecule has 0 spiro atoms. The van der Waals surface area contributed by atoms with E-state index >= 15 is 0 Å². The number of likely N-dealkylation sites (N-methyl/N-ethyl adjacent to an activating group) is 2. The van der Waals surface area contributed by atoms with Crippen molar-refractivity contribution < 1.29 is 9.59 Å². The molecule has 2 amide bonds. The Labute approximate surface area is 235 Å². The molecule has 1 aliphatic heterocycles. The number of allylic oxidation sites excluding steroid dienone is 1. The number of aromatic nitrogens is 2. The molecule has 1 aliphatic rings. The van der Waals surface area contributed by atoms with Crippen molar-refractivity contribution in [3.63, 3.8) is 0 Å². The average molecular weight is 545 g/mol. The summed E-state index contributed by atoms with van der Waals surface area (Å²) < 4.78 is 1.74. The summed E-state index contributed by atoms with van der Waals surface area (Å²) in [6.07, 6.45) is 3.72. The summed E-state index contributed by atoms with van der Waals surface area (Å²) in [7, 11) is 0. The highest BCUT2D eigenvalue weighted by Gasteiger charge is 2.20. The molecular weight excluding hydrogens is 504 g/mol. The lowest BCUT2D eigenvalue weighted by molar-refractivity contribution is -0.118. The van der Waals surface area contributed by atoms with E-state index in [-0.39, 0.29) is 17.4 Å². The Morgan fingerprint density at radius 1 is 0.875 bits per heavy atom. The number of hydrogen-bond acceptors (Lipinski definition) is 6. The summed E-state index contributed by atoms with van der Waals surface area (Å²) in [5.41, 5.74) is 3.84. The van der Waals surface area contributed by atoms with Gasteiger partial charge in [-0.1, -0.05) is 39.8 Å². The van der Waals surface area contributed by atoms with Gasteiger partial charge >= 0.3 is 0 Å². The van der Waals surface area contributed by atoms with Crippen molar-refractivity contribution in [1.82, 2.24) is 19.4 Å². The van der Waals surface area contributed by atoms with Crippen LogP contribution in [0.15, 0.2) is 47.3 Å². The predicted molar refractivity (Wildman–Crippen MR) is 162 cm³/mol. The first-order valence-corrected chi connectivity index (χ1v) is 14.2. The van der Waals surface area contributed by atoms with Gasteiger partial charge < -0.3 is 10.6 Å². The van der Waals surface area contributed by atoms with Crippen LogP contribution < -0.4 is 16.2 Å². The third kappa shape index (κ3) is 7.03. The molecule has 212 valence electrons. The van der Waals surface area contributed by atoms with Crippen molar-refractivity contribution in [2.45, 2.75) is 47.1 Å². The van der Waals surface area contributed by atoms with Crippen molar-refractivity contribution in [2.24, 2.45) is 0 Å². The molecule has 2 N–H and O–H groups in total. The molecule has 0 atom stereocenters. The van der Waals surface area contributed by atoms with E-state index in [1.165, 1.54) is 0 Å². The number of carbonyl (C=O) groups is 2. The number of fused-ring (bicyclic) bond motifs is 2. The van der Waals surface area contributed by atoms with Crippen LogP contribution in [0, 0.1) is 0 Å². The summed E-state index contributed by atoms with van der Waals surface area (Å²) in [4.78, 5) is 47.2. The minimum absolute atomic E-state index is 0.0296. The summed E-state index contributed by atoms with van der Waals surface area (Å²) >= 11 is 0. The molecule has 0 saturated heterocycles. The van der Waals surface area contributed by atoms with E-state index in [4.69, 9.17) is 4.98 Å². The van der Waals surface area contributed by atoms with Gasteiger partial charge in [-0.2, -0.15) is 0 Å². The highest BCUT2D eigenvalue weighted by molar-refractivity contribution is 5.95. The average Bonchev–Trinajstić information content (AvgIpc) is 2.96. The van der Waals surface area contributed by atoms with Crippen molar-refractivity contribution in [1.29, 1.82) is 0 Å². The zero-order valence-corrected chi connectivity index (χ0v) is 24.0. The number of amides is 2. The third-order valence-corrected chi connectivity index (χ3v) is 7.41. The maximum atomic E-state index is 13.5. The Kier molecular flexibility index (Phi) is 9.84. The molecule has 4 rings (SSSR count). The van der Waals surface area contributed by atoms with Gasteiger partial charge in [-0.15, -0.1) is 0 Å². The molecule has 40 heavy (non-hydrogen) atoms. The summed E-state index contributed by atoms with van der Waals surface area (Å²) in [6.45, 7) is 12.7. The van der Waals surface area contributed by atoms with Crippen molar-refractivity contribution in [3.8, 4) is 0 Å². The molecule has 0 fully saturated rings. The first kappa shape index (κ1) is 29.2. The van der Waals surface area contributed by atoms with Crippen LogP contribution >= 0.6 is 0 Å². The number of hydrogen-bond donors (Lipinski definition) is 2. The third-order valence-electron chi connectivity index (χ3n) is 7.41. The highest BCUT2D eigenvalue weighted by Crippen LogP contribution is 2.28. The first-order chi connectivity index (χ1) is 19.3. The topological polar surface area (TPSA) is 99.6 Å². The zero-order valence-electron chi connectivity index (χ0n) is 24.0. The van der Waals surface area contributed by atoms with Crippen molar-refractivity contribution in [3.05, 3.63) is 64.2 Å². The first-order valence-electron chi connectivity index (χ1n) is 14.2. The van der Waals surface area contributed by atoms with Gasteiger partial charge in [-0.05, 0) is 86.6 Å². The molecule has 0 aliphatic carbocycles. The highest BCUT2D eigenvalue weighted by atomic mass is 16.2. The Hall–Kier alpha value is -3.82. The van der Waals surface area contributed by atoms with Gasteiger partial charge in [-0.25, -0.2) is 4.98 Å². The molecule has 0 bridgehead atoms. The van der Waals surface area contributed by atoms with Crippen LogP contribution in [0.5, 0.6) is 0 Å². The van der Waals surface area contributed by atoms with Crippen LogP contribution in [0.2, 0.25) is 0 Å². The minimum Gasteiger partial charge on any atom is -0.325 e. The summed E-state index contributed by atoms with van der Waals surface area (Å²) in [5, 5.41) is 6.37. The van der Waals surface area contributed by atoms with Crippen molar-refractivity contribution in [2.75, 3.05) is 49.9 Å². The van der Waals surface area contributed by atoms with E-state index in [1.54, 1.807) is 22.8 Å². The van der Waals surface area contributed by atoms with Gasteiger partial charge in [0.25, 0.3) is 5.56 Å². The van der Waals surface area contributed by atoms with Gasteiger partial charge in [0.1, 0.15) is 5.82 Å². The summed E-state index contributed by atoms with van der Waals surface area (Å²) in [5.74, 6) is 0.547. The van der Waals surface area contributed by atoms with Crippen LogP contribution in [0.1, 0.15) is 51.9 Å². The van der Waals surface area contributed by atoms with Crippen LogP contribution in [0.4, 0.5) is 11.4 Å². The fraction of sp³-hybridized carbons (Fsp3) is 0.419. The Morgan fingerprint density at radius 2 is 1.45 bits per heavy atom. The van der Waals surface area contributed by atoms with Crippen LogP contribution in [0.3, 0.4) is 0 Å². The fourth-order valence-corrected chi connectivity index (χ4v) is 4.99.